The lowest BCUT2D eigenvalue weighted by atomic mass is 10.0. The minimum absolute atomic E-state index is 0.195. The molecule has 1 aromatic carbocycles. The van der Waals surface area contributed by atoms with Crippen LogP contribution in [0.1, 0.15) is 5.56 Å². The van der Waals surface area contributed by atoms with Crippen LogP contribution in [0.2, 0.25) is 0 Å². The zero-order chi connectivity index (χ0) is 14.4. The third-order valence-corrected chi connectivity index (χ3v) is 3.20. The summed E-state index contributed by atoms with van der Waals surface area (Å²) >= 11 is 0. The maximum Gasteiger partial charge on any atom is 0.405 e. The molecular weight excluding hydrogens is 260 g/mol. The van der Waals surface area contributed by atoms with Gasteiger partial charge in [-0.3, -0.25) is 4.79 Å². The standard InChI is InChI=1S/C14H18N2O4/c17-13(16-6-8-20-9-7-16)12(15-14(18)19)10-11-4-2-1-3-5-11/h1-5,12,15H,6-10H2,(H,18,19)/t12-/m0/s1. The second kappa shape index (κ2) is 6.91. The Morgan fingerprint density at radius 1 is 1.25 bits per heavy atom. The lowest BCUT2D eigenvalue weighted by Gasteiger charge is -2.30. The number of carbonyl (C=O) groups is 2. The summed E-state index contributed by atoms with van der Waals surface area (Å²) < 4.78 is 5.20. The van der Waals surface area contributed by atoms with Crippen LogP contribution in [0.3, 0.4) is 0 Å². The van der Waals surface area contributed by atoms with Gasteiger partial charge in [-0.2, -0.15) is 0 Å². The van der Waals surface area contributed by atoms with E-state index in [-0.39, 0.29) is 5.91 Å². The Bertz CT molecular complexity index is 458. The lowest BCUT2D eigenvalue weighted by Crippen LogP contribution is -2.52. The van der Waals surface area contributed by atoms with Crippen molar-refractivity contribution in [3.63, 3.8) is 0 Å². The minimum atomic E-state index is -1.19. The van der Waals surface area contributed by atoms with Crippen LogP contribution < -0.4 is 5.32 Å². The number of carbonyl (C=O) groups excluding carboxylic acids is 1. The van der Waals surface area contributed by atoms with Gasteiger partial charge in [-0.15, -0.1) is 0 Å². The van der Waals surface area contributed by atoms with Crippen LogP contribution in [-0.4, -0.2) is 54.4 Å². The first kappa shape index (κ1) is 14.3. The summed E-state index contributed by atoms with van der Waals surface area (Å²) in [5.41, 5.74) is 0.924. The molecule has 1 saturated heterocycles. The Morgan fingerprint density at radius 2 is 1.90 bits per heavy atom. The second-order valence-electron chi connectivity index (χ2n) is 4.63. The Labute approximate surface area is 117 Å². The normalized spacial score (nSPS) is 16.5. The van der Waals surface area contributed by atoms with Gasteiger partial charge in [-0.1, -0.05) is 30.3 Å². The lowest BCUT2D eigenvalue weighted by molar-refractivity contribution is -0.137. The van der Waals surface area contributed by atoms with E-state index in [0.717, 1.165) is 5.56 Å². The third-order valence-electron chi connectivity index (χ3n) is 3.20. The van der Waals surface area contributed by atoms with Crippen LogP contribution in [0.15, 0.2) is 30.3 Å². The van der Waals surface area contributed by atoms with Crippen LogP contribution >= 0.6 is 0 Å². The van der Waals surface area contributed by atoms with Crippen molar-refractivity contribution >= 4 is 12.0 Å². The molecule has 1 atom stereocenters. The second-order valence-corrected chi connectivity index (χ2v) is 4.63. The molecule has 0 aliphatic carbocycles. The predicted molar refractivity (Wildman–Crippen MR) is 72.5 cm³/mol. The Kier molecular flexibility index (Phi) is 4.95. The molecule has 0 unspecified atom stereocenters. The third kappa shape index (κ3) is 3.96. The van der Waals surface area contributed by atoms with E-state index in [9.17, 15) is 9.59 Å². The molecule has 1 aliphatic rings. The fourth-order valence-corrected chi connectivity index (χ4v) is 2.20. The Morgan fingerprint density at radius 3 is 2.50 bits per heavy atom. The number of benzene rings is 1. The maximum atomic E-state index is 12.4. The van der Waals surface area contributed by atoms with E-state index in [1.807, 2.05) is 30.3 Å². The molecule has 20 heavy (non-hydrogen) atoms. The highest BCUT2D eigenvalue weighted by Crippen LogP contribution is 2.08. The summed E-state index contributed by atoms with van der Waals surface area (Å²) in [4.78, 5) is 24.9. The van der Waals surface area contributed by atoms with E-state index < -0.39 is 12.1 Å². The highest BCUT2D eigenvalue weighted by molar-refractivity contribution is 5.85. The van der Waals surface area contributed by atoms with Crippen molar-refractivity contribution in [2.24, 2.45) is 0 Å². The summed E-state index contributed by atoms with van der Waals surface area (Å²) in [5.74, 6) is -0.195. The van der Waals surface area contributed by atoms with Gasteiger partial charge >= 0.3 is 6.09 Å². The van der Waals surface area contributed by atoms with Crippen molar-refractivity contribution < 1.29 is 19.4 Å². The van der Waals surface area contributed by atoms with Gasteiger partial charge in [-0.05, 0) is 5.56 Å². The largest absolute Gasteiger partial charge is 0.465 e. The van der Waals surface area contributed by atoms with Crippen molar-refractivity contribution in [3.8, 4) is 0 Å². The molecule has 1 heterocycles. The smallest absolute Gasteiger partial charge is 0.405 e. The van der Waals surface area contributed by atoms with E-state index >= 15 is 0 Å². The Hall–Kier alpha value is -2.08. The number of nitrogens with zero attached hydrogens (tertiary/aromatic N) is 1. The summed E-state index contributed by atoms with van der Waals surface area (Å²) in [7, 11) is 0. The number of morpholine rings is 1. The summed E-state index contributed by atoms with van der Waals surface area (Å²) in [5, 5.41) is 11.2. The molecule has 2 N–H and O–H groups in total. The predicted octanol–water partition coefficient (Wildman–Crippen LogP) is 0.724. The topological polar surface area (TPSA) is 78.9 Å². The van der Waals surface area contributed by atoms with E-state index in [2.05, 4.69) is 5.32 Å². The van der Waals surface area contributed by atoms with Gasteiger partial charge in [0.05, 0.1) is 13.2 Å². The van der Waals surface area contributed by atoms with E-state index in [1.54, 1.807) is 4.90 Å². The van der Waals surface area contributed by atoms with Gasteiger partial charge in [0.2, 0.25) is 5.91 Å². The minimum Gasteiger partial charge on any atom is -0.465 e. The van der Waals surface area contributed by atoms with Gasteiger partial charge < -0.3 is 20.1 Å². The molecule has 2 rings (SSSR count). The highest BCUT2D eigenvalue weighted by Gasteiger charge is 2.27. The van der Waals surface area contributed by atoms with Gasteiger partial charge in [0.25, 0.3) is 0 Å². The van der Waals surface area contributed by atoms with Crippen LogP contribution in [0, 0.1) is 0 Å². The van der Waals surface area contributed by atoms with Crippen molar-refractivity contribution in [2.45, 2.75) is 12.5 Å². The summed E-state index contributed by atoms with van der Waals surface area (Å²) in [6, 6.07) is 8.62. The molecule has 0 spiro atoms. The molecule has 0 aromatic heterocycles. The van der Waals surface area contributed by atoms with Crippen molar-refractivity contribution in [3.05, 3.63) is 35.9 Å². The molecule has 0 bridgehead atoms. The monoisotopic (exact) mass is 278 g/mol. The first-order chi connectivity index (χ1) is 9.66. The van der Waals surface area contributed by atoms with Crippen molar-refractivity contribution in [1.29, 1.82) is 0 Å². The molecule has 0 saturated carbocycles. The molecule has 108 valence electrons. The van der Waals surface area contributed by atoms with Crippen molar-refractivity contribution in [2.75, 3.05) is 26.3 Å². The number of hydrogen-bond donors (Lipinski definition) is 2. The van der Waals surface area contributed by atoms with Crippen LogP contribution in [0.5, 0.6) is 0 Å². The molecule has 2 amide bonds. The zero-order valence-electron chi connectivity index (χ0n) is 11.1. The van der Waals surface area contributed by atoms with Crippen LogP contribution in [-0.2, 0) is 16.0 Å². The zero-order valence-corrected chi connectivity index (χ0v) is 11.1. The number of rotatable bonds is 4. The number of ether oxygens (including phenoxy) is 1. The van der Waals surface area contributed by atoms with E-state index in [4.69, 9.17) is 9.84 Å². The fraction of sp³-hybridized carbons (Fsp3) is 0.429. The molecule has 0 radical (unpaired) electrons. The number of carboxylic acid groups (broad SMARTS) is 1. The average Bonchev–Trinajstić information content (AvgIpc) is 2.47. The number of nitrogens with one attached hydrogen (secondary N) is 1. The number of hydrogen-bond acceptors (Lipinski definition) is 3. The SMILES string of the molecule is O=C(O)N[C@@H](Cc1ccccc1)C(=O)N1CCOCC1. The number of amides is 2. The molecule has 1 aliphatic heterocycles. The first-order valence-corrected chi connectivity index (χ1v) is 6.57. The average molecular weight is 278 g/mol. The quantitative estimate of drug-likeness (QED) is 0.850. The maximum absolute atomic E-state index is 12.4. The van der Waals surface area contributed by atoms with Gasteiger partial charge in [0.1, 0.15) is 6.04 Å². The molecule has 6 heteroatoms. The molecular formula is C14H18N2O4. The highest BCUT2D eigenvalue weighted by atomic mass is 16.5. The Balaban J connectivity index is 2.05. The van der Waals surface area contributed by atoms with E-state index in [1.165, 1.54) is 0 Å². The van der Waals surface area contributed by atoms with Gasteiger partial charge in [0, 0.05) is 19.5 Å². The van der Waals surface area contributed by atoms with Crippen LogP contribution in [0.4, 0.5) is 4.79 Å². The molecule has 1 aromatic rings. The van der Waals surface area contributed by atoms with Gasteiger partial charge in [-0.25, -0.2) is 4.79 Å². The molecule has 1 fully saturated rings. The van der Waals surface area contributed by atoms with E-state index in [0.29, 0.717) is 32.7 Å². The van der Waals surface area contributed by atoms with Gasteiger partial charge in [0.15, 0.2) is 0 Å². The summed E-state index contributed by atoms with van der Waals surface area (Å²) in [6.07, 6.45) is -0.837. The fourth-order valence-electron chi connectivity index (χ4n) is 2.20. The molecule has 6 nitrogen and oxygen atoms in total. The summed E-state index contributed by atoms with van der Waals surface area (Å²) in [6.45, 7) is 2.00. The van der Waals surface area contributed by atoms with Crippen LogP contribution in [0.25, 0.3) is 0 Å². The first-order valence-electron chi connectivity index (χ1n) is 6.57. The van der Waals surface area contributed by atoms with Crippen molar-refractivity contribution in [1.82, 2.24) is 10.2 Å².